The molecule has 0 unspecified atom stereocenters. The Morgan fingerprint density at radius 2 is 0.514 bits per heavy atom. The number of ether oxygens (including phenoxy) is 10. The monoisotopic (exact) mass is 1040 g/mol. The summed E-state index contributed by atoms with van der Waals surface area (Å²) in [5.41, 5.74) is 1.43. The van der Waals surface area contributed by atoms with E-state index in [1.165, 1.54) is 179 Å². The van der Waals surface area contributed by atoms with E-state index in [2.05, 4.69) is 23.8 Å². The van der Waals surface area contributed by atoms with Gasteiger partial charge in [-0.15, -0.1) is 0 Å². The largest absolute Gasteiger partial charge is 0.460 e. The van der Waals surface area contributed by atoms with E-state index in [-0.39, 0.29) is 26.4 Å². The van der Waals surface area contributed by atoms with Crippen LogP contribution in [0.15, 0.2) is 36.7 Å². The van der Waals surface area contributed by atoms with Gasteiger partial charge in [0.2, 0.25) is 0 Å². The van der Waals surface area contributed by atoms with Crippen molar-refractivity contribution >= 4 is 11.9 Å². The molecule has 0 N–H and O–H groups in total. The van der Waals surface area contributed by atoms with Crippen molar-refractivity contribution in [1.29, 1.82) is 0 Å². The van der Waals surface area contributed by atoms with Crippen LogP contribution in [0.25, 0.3) is 11.4 Å². The SMILES string of the molecule is CCCCCCCCCCCCCCCCOCCOCCOCCOCCOC(=O)c1ccnc(-c2cc(C(=O)OCCOCCOCCOCCOCCCCCCCCCCCCCCCC)ccn2)c1. The standard InChI is InChI=1S/C60H104N2O12/c1-3-5-7-9-11-13-15-17-19-21-23-25-27-29-35-65-37-39-67-41-43-69-45-47-71-49-51-73-59(63)55-31-33-61-57(53-55)58-54-56(32-34-62-58)60(64)74-52-50-72-48-46-70-44-42-68-40-38-66-36-30-28-26-24-22-20-18-16-14-12-10-8-6-4-2/h31-34,53-54H,3-30,35-52H2,1-2H3. The Kier molecular flexibility index (Phi) is 48.3. The van der Waals surface area contributed by atoms with Crippen LogP contribution in [0.5, 0.6) is 0 Å². The third kappa shape index (κ3) is 42.1. The molecule has 14 nitrogen and oxygen atoms in total. The van der Waals surface area contributed by atoms with Gasteiger partial charge in [-0.25, -0.2) is 9.59 Å². The van der Waals surface area contributed by atoms with Gasteiger partial charge < -0.3 is 47.4 Å². The van der Waals surface area contributed by atoms with Gasteiger partial charge in [-0.3, -0.25) is 9.97 Å². The van der Waals surface area contributed by atoms with E-state index >= 15 is 0 Å². The summed E-state index contributed by atoms with van der Waals surface area (Å²) in [6, 6.07) is 6.27. The van der Waals surface area contributed by atoms with Crippen LogP contribution in [-0.4, -0.2) is 141 Å². The second-order valence-electron chi connectivity index (χ2n) is 19.2. The molecular weight excluding hydrogens is 941 g/mol. The number of carbonyl (C=O) groups is 2. The maximum atomic E-state index is 12.8. The van der Waals surface area contributed by atoms with Crippen LogP contribution in [0, 0.1) is 0 Å². The van der Waals surface area contributed by atoms with Crippen molar-refractivity contribution < 1.29 is 57.0 Å². The van der Waals surface area contributed by atoms with Crippen molar-refractivity contribution in [3.8, 4) is 11.4 Å². The van der Waals surface area contributed by atoms with Crippen molar-refractivity contribution in [2.45, 2.75) is 194 Å². The molecule has 0 aromatic carbocycles. The molecule has 2 rings (SSSR count). The van der Waals surface area contributed by atoms with Gasteiger partial charge in [-0.1, -0.05) is 181 Å². The smallest absolute Gasteiger partial charge is 0.338 e. The zero-order valence-electron chi connectivity index (χ0n) is 46.8. The molecule has 0 aliphatic heterocycles. The van der Waals surface area contributed by atoms with Crippen LogP contribution in [0.3, 0.4) is 0 Å². The first-order valence-corrected chi connectivity index (χ1v) is 29.5. The summed E-state index contributed by atoms with van der Waals surface area (Å²) in [7, 11) is 0. The van der Waals surface area contributed by atoms with Gasteiger partial charge in [-0.2, -0.15) is 0 Å². The molecule has 0 amide bonds. The average Bonchev–Trinajstić information content (AvgIpc) is 3.42. The van der Waals surface area contributed by atoms with E-state index in [0.717, 1.165) is 26.1 Å². The number of nitrogens with zero attached hydrogens (tertiary/aromatic N) is 2. The number of aromatic nitrogens is 2. The highest BCUT2D eigenvalue weighted by Gasteiger charge is 2.14. The van der Waals surface area contributed by atoms with Crippen LogP contribution < -0.4 is 0 Å². The summed E-state index contributed by atoms with van der Waals surface area (Å²) in [6.07, 6.45) is 40.9. The van der Waals surface area contributed by atoms with Crippen molar-refractivity contribution in [2.24, 2.45) is 0 Å². The number of esters is 2. The summed E-state index contributed by atoms with van der Waals surface area (Å²) >= 11 is 0. The van der Waals surface area contributed by atoms with Gasteiger partial charge in [-0.05, 0) is 37.1 Å². The van der Waals surface area contributed by atoms with E-state index < -0.39 is 11.9 Å². The predicted molar refractivity (Wildman–Crippen MR) is 295 cm³/mol. The van der Waals surface area contributed by atoms with Gasteiger partial charge in [0, 0.05) is 25.6 Å². The van der Waals surface area contributed by atoms with E-state index in [1.807, 2.05) is 0 Å². The zero-order valence-corrected chi connectivity index (χ0v) is 46.8. The molecule has 74 heavy (non-hydrogen) atoms. The van der Waals surface area contributed by atoms with Crippen LogP contribution in [0.1, 0.15) is 214 Å². The van der Waals surface area contributed by atoms with E-state index in [4.69, 9.17) is 47.4 Å². The van der Waals surface area contributed by atoms with Crippen molar-refractivity contribution in [2.75, 3.05) is 119 Å². The maximum absolute atomic E-state index is 12.8. The van der Waals surface area contributed by atoms with Crippen LogP contribution >= 0.6 is 0 Å². The molecule has 0 spiro atoms. The second-order valence-corrected chi connectivity index (χ2v) is 19.2. The molecule has 426 valence electrons. The molecule has 2 heterocycles. The molecule has 0 bridgehead atoms. The summed E-state index contributed by atoms with van der Waals surface area (Å²) in [5, 5.41) is 0. The van der Waals surface area contributed by atoms with Gasteiger partial charge in [0.15, 0.2) is 0 Å². The van der Waals surface area contributed by atoms with Crippen LogP contribution in [0.2, 0.25) is 0 Å². The molecule has 0 radical (unpaired) electrons. The minimum atomic E-state index is -0.519. The fraction of sp³-hybridized carbons (Fsp3) is 0.800. The fourth-order valence-electron chi connectivity index (χ4n) is 8.27. The van der Waals surface area contributed by atoms with Crippen LogP contribution in [-0.2, 0) is 47.4 Å². The number of hydrogen-bond acceptors (Lipinski definition) is 14. The Balaban J connectivity index is 1.36. The lowest BCUT2D eigenvalue weighted by molar-refractivity contribution is -0.00921. The minimum Gasteiger partial charge on any atom is -0.460 e. The zero-order chi connectivity index (χ0) is 52.7. The van der Waals surface area contributed by atoms with Gasteiger partial charge >= 0.3 is 11.9 Å². The second kappa shape index (κ2) is 53.3. The summed E-state index contributed by atoms with van der Waals surface area (Å²) in [4.78, 5) is 34.2. The average molecular weight is 1050 g/mol. The highest BCUT2D eigenvalue weighted by atomic mass is 16.6. The first kappa shape index (κ1) is 67.0. The number of hydrogen-bond donors (Lipinski definition) is 0. The number of carbonyl (C=O) groups excluding carboxylic acids is 2. The first-order valence-electron chi connectivity index (χ1n) is 29.5. The lowest BCUT2D eigenvalue weighted by Crippen LogP contribution is -2.15. The highest BCUT2D eigenvalue weighted by Crippen LogP contribution is 2.19. The first-order chi connectivity index (χ1) is 36.7. The lowest BCUT2D eigenvalue weighted by Gasteiger charge is -2.09. The van der Waals surface area contributed by atoms with Gasteiger partial charge in [0.05, 0.1) is 115 Å². The summed E-state index contributed by atoms with van der Waals surface area (Å²) in [5.74, 6) is -1.04. The van der Waals surface area contributed by atoms with Crippen molar-refractivity contribution in [1.82, 2.24) is 9.97 Å². The Labute approximate surface area is 449 Å². The Hall–Kier alpha value is -3.08. The third-order valence-electron chi connectivity index (χ3n) is 12.7. The Morgan fingerprint density at radius 1 is 0.297 bits per heavy atom. The van der Waals surface area contributed by atoms with E-state index in [9.17, 15) is 9.59 Å². The van der Waals surface area contributed by atoms with Crippen LogP contribution in [0.4, 0.5) is 0 Å². The summed E-state index contributed by atoms with van der Waals surface area (Å²) in [6.45, 7) is 12.6. The Bertz CT molecular complexity index is 1420. The van der Waals surface area contributed by atoms with Crippen molar-refractivity contribution in [3.63, 3.8) is 0 Å². The molecule has 0 fully saturated rings. The quantitative estimate of drug-likeness (QED) is 0.0456. The molecule has 0 aliphatic rings. The number of pyridine rings is 2. The third-order valence-corrected chi connectivity index (χ3v) is 12.7. The summed E-state index contributed by atoms with van der Waals surface area (Å²) < 4.78 is 55.6. The molecule has 0 saturated heterocycles. The molecule has 2 aromatic rings. The maximum Gasteiger partial charge on any atom is 0.338 e. The molecular formula is C60H104N2O12. The fourth-order valence-corrected chi connectivity index (χ4v) is 8.27. The number of unbranched alkanes of at least 4 members (excludes halogenated alkanes) is 26. The minimum absolute atomic E-state index is 0.0834. The predicted octanol–water partition coefficient (Wildman–Crippen LogP) is 13.6. The topological polar surface area (TPSA) is 152 Å². The van der Waals surface area contributed by atoms with Gasteiger partial charge in [0.1, 0.15) is 13.2 Å². The molecule has 0 aliphatic carbocycles. The van der Waals surface area contributed by atoms with E-state index in [1.54, 1.807) is 24.3 Å². The molecule has 2 aromatic heterocycles. The van der Waals surface area contributed by atoms with E-state index in [0.29, 0.717) is 102 Å². The highest BCUT2D eigenvalue weighted by molar-refractivity contribution is 5.92. The molecule has 0 atom stereocenters. The molecule has 14 heteroatoms. The normalized spacial score (nSPS) is 11.4. The van der Waals surface area contributed by atoms with Gasteiger partial charge in [0.25, 0.3) is 0 Å². The van der Waals surface area contributed by atoms with Crippen molar-refractivity contribution in [3.05, 3.63) is 47.8 Å². The molecule has 0 saturated carbocycles. The Morgan fingerprint density at radius 3 is 0.770 bits per heavy atom. The lowest BCUT2D eigenvalue weighted by atomic mass is 10.0. The number of rotatable bonds is 57.